The molecule has 0 aliphatic carbocycles. The zero-order valence-electron chi connectivity index (χ0n) is 14.0. The lowest BCUT2D eigenvalue weighted by Crippen LogP contribution is -2.26. The van der Waals surface area contributed by atoms with Crippen molar-refractivity contribution in [1.29, 1.82) is 0 Å². The van der Waals surface area contributed by atoms with Gasteiger partial charge in [0.15, 0.2) is 0 Å². The third-order valence-corrected chi connectivity index (χ3v) is 5.31. The maximum absolute atomic E-state index is 12.3. The largest absolute Gasteiger partial charge is 0.497 e. The van der Waals surface area contributed by atoms with Crippen molar-refractivity contribution in [3.8, 4) is 5.75 Å². The first-order valence-electron chi connectivity index (χ1n) is 8.10. The summed E-state index contributed by atoms with van der Waals surface area (Å²) < 4.78 is 5.09. The van der Waals surface area contributed by atoms with Crippen LogP contribution in [-0.4, -0.2) is 29.9 Å². The Kier molecular flexibility index (Phi) is 5.60. The van der Waals surface area contributed by atoms with Crippen LogP contribution in [0, 0.1) is 0 Å². The smallest absolute Gasteiger partial charge is 0.237 e. The number of aryl methyl sites for hydroxylation is 1. The van der Waals surface area contributed by atoms with Crippen molar-refractivity contribution in [2.45, 2.75) is 18.1 Å². The van der Waals surface area contributed by atoms with E-state index in [4.69, 9.17) is 4.74 Å². The van der Waals surface area contributed by atoms with Gasteiger partial charge in [-0.15, -0.1) is 11.8 Å². The maximum atomic E-state index is 12.3. The minimum absolute atomic E-state index is 0.0350. The Balaban J connectivity index is 1.52. The molecule has 0 unspecified atom stereocenters. The van der Waals surface area contributed by atoms with Crippen molar-refractivity contribution in [2.24, 2.45) is 0 Å². The van der Waals surface area contributed by atoms with Crippen molar-refractivity contribution in [1.82, 2.24) is 0 Å². The number of benzene rings is 2. The second-order valence-corrected chi connectivity index (χ2v) is 6.95. The number of rotatable bonds is 5. The van der Waals surface area contributed by atoms with Crippen molar-refractivity contribution >= 4 is 35.0 Å². The van der Waals surface area contributed by atoms with Gasteiger partial charge in [-0.05, 0) is 48.7 Å². The molecule has 1 aliphatic heterocycles. The first-order valence-corrected chi connectivity index (χ1v) is 9.15. The molecule has 2 aromatic rings. The van der Waals surface area contributed by atoms with Crippen LogP contribution in [0.1, 0.15) is 12.0 Å². The Hall–Kier alpha value is -2.47. The first kappa shape index (κ1) is 17.4. The van der Waals surface area contributed by atoms with Crippen molar-refractivity contribution < 1.29 is 14.3 Å². The van der Waals surface area contributed by atoms with E-state index in [9.17, 15) is 9.59 Å². The Morgan fingerprint density at radius 3 is 2.76 bits per heavy atom. The molecule has 1 atom stereocenters. The molecular weight excluding hydrogens is 336 g/mol. The highest BCUT2D eigenvalue weighted by molar-refractivity contribution is 8.01. The molecule has 0 bridgehead atoms. The fourth-order valence-electron chi connectivity index (χ4n) is 2.70. The van der Waals surface area contributed by atoms with Gasteiger partial charge in [0, 0.05) is 11.4 Å². The van der Waals surface area contributed by atoms with Crippen LogP contribution in [0.4, 0.5) is 11.4 Å². The summed E-state index contributed by atoms with van der Waals surface area (Å²) >= 11 is 1.38. The Morgan fingerprint density at radius 2 is 2.00 bits per heavy atom. The van der Waals surface area contributed by atoms with Gasteiger partial charge in [0.1, 0.15) is 5.75 Å². The number of fused-ring (bicyclic) bond motifs is 1. The second kappa shape index (κ2) is 8.07. The molecule has 1 heterocycles. The van der Waals surface area contributed by atoms with E-state index < -0.39 is 0 Å². The van der Waals surface area contributed by atoms with E-state index in [1.165, 1.54) is 11.8 Å². The third kappa shape index (κ3) is 4.54. The van der Waals surface area contributed by atoms with Crippen molar-refractivity contribution in [3.05, 3.63) is 54.1 Å². The van der Waals surface area contributed by atoms with Gasteiger partial charge >= 0.3 is 0 Å². The summed E-state index contributed by atoms with van der Waals surface area (Å²) in [6.07, 6.45) is 1.55. The van der Waals surface area contributed by atoms with Crippen LogP contribution in [0.25, 0.3) is 0 Å². The number of ether oxygens (including phenoxy) is 1. The molecule has 0 radical (unpaired) electrons. The van der Waals surface area contributed by atoms with Gasteiger partial charge in [-0.25, -0.2) is 0 Å². The monoisotopic (exact) mass is 356 g/mol. The highest BCUT2D eigenvalue weighted by Crippen LogP contribution is 2.27. The van der Waals surface area contributed by atoms with Crippen LogP contribution in [0.15, 0.2) is 48.5 Å². The molecule has 25 heavy (non-hydrogen) atoms. The van der Waals surface area contributed by atoms with Gasteiger partial charge < -0.3 is 15.4 Å². The molecule has 1 aliphatic rings. The van der Waals surface area contributed by atoms with E-state index >= 15 is 0 Å². The average molecular weight is 356 g/mol. The molecule has 5 nitrogen and oxygen atoms in total. The molecule has 0 fully saturated rings. The number of thioether (sulfide) groups is 1. The minimum atomic E-state index is -0.228. The number of anilines is 2. The summed E-state index contributed by atoms with van der Waals surface area (Å²) in [6, 6.07) is 15.0. The van der Waals surface area contributed by atoms with Gasteiger partial charge in [-0.3, -0.25) is 9.59 Å². The topological polar surface area (TPSA) is 67.4 Å². The van der Waals surface area contributed by atoms with Gasteiger partial charge in [0.25, 0.3) is 0 Å². The third-order valence-electron chi connectivity index (χ3n) is 4.03. The van der Waals surface area contributed by atoms with Crippen LogP contribution in [-0.2, 0) is 16.0 Å². The predicted molar refractivity (Wildman–Crippen MR) is 101 cm³/mol. The number of nitrogens with one attached hydrogen (secondary N) is 2. The summed E-state index contributed by atoms with van der Waals surface area (Å²) in [4.78, 5) is 24.5. The molecule has 130 valence electrons. The van der Waals surface area contributed by atoms with E-state index in [0.717, 1.165) is 29.8 Å². The summed E-state index contributed by atoms with van der Waals surface area (Å²) in [5, 5.41) is 5.56. The predicted octanol–water partition coefficient (Wildman–Crippen LogP) is 3.32. The fraction of sp³-hybridized carbons (Fsp3) is 0.263. The second-order valence-electron chi connectivity index (χ2n) is 5.76. The average Bonchev–Trinajstić information content (AvgIpc) is 2.79. The molecule has 2 aromatic carbocycles. The number of carbonyl (C=O) groups is 2. The SMILES string of the molecule is COc1ccc(NC(=O)CS[C@H]2CCc3ccccc3NC2=O)cc1. The number of carbonyl (C=O) groups excluding carboxylic acids is 2. The van der Waals surface area contributed by atoms with Gasteiger partial charge in [-0.2, -0.15) is 0 Å². The maximum Gasteiger partial charge on any atom is 0.237 e. The number of hydrogen-bond acceptors (Lipinski definition) is 4. The Labute approximate surface area is 151 Å². The van der Waals surface area contributed by atoms with Gasteiger partial charge in [0.2, 0.25) is 11.8 Å². The van der Waals surface area contributed by atoms with E-state index in [2.05, 4.69) is 10.6 Å². The Morgan fingerprint density at radius 1 is 1.24 bits per heavy atom. The number of hydrogen-bond donors (Lipinski definition) is 2. The normalized spacial score (nSPS) is 16.4. The molecule has 0 spiro atoms. The van der Waals surface area contributed by atoms with E-state index in [0.29, 0.717) is 5.69 Å². The van der Waals surface area contributed by atoms with E-state index in [-0.39, 0.29) is 22.8 Å². The standard InChI is InChI=1S/C19H20N2O3S/c1-24-15-9-7-14(8-10-15)20-18(22)12-25-17-11-6-13-4-2-3-5-16(13)21-19(17)23/h2-5,7-10,17H,6,11-12H2,1H3,(H,20,22)(H,21,23)/t17-/m0/s1. The van der Waals surface area contributed by atoms with Crippen molar-refractivity contribution in [2.75, 3.05) is 23.5 Å². The molecule has 3 rings (SSSR count). The minimum Gasteiger partial charge on any atom is -0.497 e. The van der Waals surface area contributed by atoms with Crippen LogP contribution < -0.4 is 15.4 Å². The fourth-order valence-corrected chi connectivity index (χ4v) is 3.62. The molecule has 6 heteroatoms. The van der Waals surface area contributed by atoms with E-state index in [1.807, 2.05) is 24.3 Å². The number of methoxy groups -OCH3 is 1. The lowest BCUT2D eigenvalue weighted by atomic mass is 10.1. The highest BCUT2D eigenvalue weighted by atomic mass is 32.2. The summed E-state index contributed by atoms with van der Waals surface area (Å²) in [5.74, 6) is 0.819. The quantitative estimate of drug-likeness (QED) is 0.862. The van der Waals surface area contributed by atoms with Crippen LogP contribution in [0.5, 0.6) is 5.75 Å². The number of para-hydroxylation sites is 1. The lowest BCUT2D eigenvalue weighted by Gasteiger charge is -2.13. The molecule has 2 N–H and O–H groups in total. The van der Waals surface area contributed by atoms with Gasteiger partial charge in [0.05, 0.1) is 18.1 Å². The van der Waals surface area contributed by atoms with Gasteiger partial charge in [-0.1, -0.05) is 18.2 Å². The zero-order valence-corrected chi connectivity index (χ0v) is 14.8. The van der Waals surface area contributed by atoms with E-state index in [1.54, 1.807) is 31.4 Å². The lowest BCUT2D eigenvalue weighted by molar-refractivity contribution is -0.115. The summed E-state index contributed by atoms with van der Waals surface area (Å²) in [7, 11) is 1.60. The van der Waals surface area contributed by atoms with Crippen LogP contribution in [0.2, 0.25) is 0 Å². The zero-order chi connectivity index (χ0) is 17.6. The highest BCUT2D eigenvalue weighted by Gasteiger charge is 2.24. The Bertz CT molecular complexity index is 762. The number of amides is 2. The summed E-state index contributed by atoms with van der Waals surface area (Å²) in [5.41, 5.74) is 2.73. The molecule has 0 aromatic heterocycles. The molecular formula is C19H20N2O3S. The van der Waals surface area contributed by atoms with Crippen molar-refractivity contribution in [3.63, 3.8) is 0 Å². The van der Waals surface area contributed by atoms with Crippen LogP contribution in [0.3, 0.4) is 0 Å². The molecule has 0 saturated heterocycles. The molecule has 2 amide bonds. The summed E-state index contributed by atoms with van der Waals surface area (Å²) in [6.45, 7) is 0. The molecule has 0 saturated carbocycles. The van der Waals surface area contributed by atoms with Crippen LogP contribution >= 0.6 is 11.8 Å². The first-order chi connectivity index (χ1) is 12.2.